The van der Waals surface area contributed by atoms with Crippen molar-refractivity contribution in [2.75, 3.05) is 25.0 Å². The highest BCUT2D eigenvalue weighted by molar-refractivity contribution is 5.47. The summed E-state index contributed by atoms with van der Waals surface area (Å²) < 4.78 is 25.9. The van der Waals surface area contributed by atoms with E-state index in [9.17, 15) is 8.78 Å². The van der Waals surface area contributed by atoms with E-state index in [2.05, 4.69) is 10.2 Å². The largest absolute Gasteiger partial charge is 0.370 e. The highest BCUT2D eigenvalue weighted by Gasteiger charge is 2.19. The summed E-state index contributed by atoms with van der Waals surface area (Å²) in [4.78, 5) is 2.09. The van der Waals surface area contributed by atoms with E-state index in [1.165, 1.54) is 12.1 Å². The summed E-state index contributed by atoms with van der Waals surface area (Å²) in [6.07, 6.45) is 2.21. The number of halogens is 2. The molecule has 2 nitrogen and oxygen atoms in total. The molecule has 0 saturated carbocycles. The number of anilines is 1. The van der Waals surface area contributed by atoms with Crippen molar-refractivity contribution in [1.29, 1.82) is 0 Å². The smallest absolute Gasteiger partial charge is 0.160 e. The molecule has 0 spiro atoms. The molecule has 1 aromatic carbocycles. The Labute approximate surface area is 94.3 Å². The summed E-state index contributed by atoms with van der Waals surface area (Å²) in [6, 6.07) is 4.53. The molecule has 0 bridgehead atoms. The lowest BCUT2D eigenvalue weighted by molar-refractivity contribution is 0.448. The first kappa shape index (κ1) is 11.3. The third kappa shape index (κ3) is 2.32. The maximum absolute atomic E-state index is 13.1. The summed E-state index contributed by atoms with van der Waals surface area (Å²) in [7, 11) is 1.93. The predicted molar refractivity (Wildman–Crippen MR) is 60.7 cm³/mol. The Morgan fingerprint density at radius 3 is 2.81 bits per heavy atom. The van der Waals surface area contributed by atoms with Crippen LogP contribution < -0.4 is 10.2 Å². The number of piperidine rings is 1. The first-order valence-electron chi connectivity index (χ1n) is 5.58. The summed E-state index contributed by atoms with van der Waals surface area (Å²) in [5.74, 6) is -1.56. The van der Waals surface area contributed by atoms with Crippen molar-refractivity contribution in [2.24, 2.45) is 0 Å². The minimum atomic E-state index is -0.786. The summed E-state index contributed by atoms with van der Waals surface area (Å²) >= 11 is 0. The lowest BCUT2D eigenvalue weighted by Gasteiger charge is -2.34. The van der Waals surface area contributed by atoms with Crippen molar-refractivity contribution >= 4 is 5.69 Å². The Morgan fingerprint density at radius 1 is 1.31 bits per heavy atom. The molecule has 0 radical (unpaired) electrons. The van der Waals surface area contributed by atoms with Gasteiger partial charge in [-0.25, -0.2) is 8.78 Å². The van der Waals surface area contributed by atoms with Gasteiger partial charge in [-0.2, -0.15) is 0 Å². The van der Waals surface area contributed by atoms with Gasteiger partial charge < -0.3 is 10.2 Å². The molecule has 1 fully saturated rings. The van der Waals surface area contributed by atoms with E-state index in [1.54, 1.807) is 6.07 Å². The molecule has 1 aromatic rings. The fourth-order valence-electron chi connectivity index (χ4n) is 2.13. The number of nitrogens with zero attached hydrogens (tertiary/aromatic N) is 1. The van der Waals surface area contributed by atoms with Crippen LogP contribution in [0.3, 0.4) is 0 Å². The lowest BCUT2D eigenvalue weighted by atomic mass is 10.1. The second-order valence-corrected chi connectivity index (χ2v) is 4.17. The molecule has 0 amide bonds. The first-order valence-corrected chi connectivity index (χ1v) is 5.58. The molecule has 4 heteroatoms. The molecule has 1 N–H and O–H groups in total. The number of benzene rings is 1. The summed E-state index contributed by atoms with van der Waals surface area (Å²) in [5.41, 5.74) is 0.763. The fourth-order valence-corrected chi connectivity index (χ4v) is 2.13. The Bertz CT molecular complexity index is 368. The SMILES string of the molecule is CNC1CCCN(c2ccc(F)c(F)c2)C1. The van der Waals surface area contributed by atoms with E-state index in [-0.39, 0.29) is 0 Å². The molecule has 1 saturated heterocycles. The first-order chi connectivity index (χ1) is 7.70. The van der Waals surface area contributed by atoms with Crippen molar-refractivity contribution in [1.82, 2.24) is 5.32 Å². The molecule has 1 atom stereocenters. The molecule has 0 aliphatic carbocycles. The highest BCUT2D eigenvalue weighted by Crippen LogP contribution is 2.21. The van der Waals surface area contributed by atoms with Crippen LogP contribution in [0, 0.1) is 11.6 Å². The quantitative estimate of drug-likeness (QED) is 0.831. The van der Waals surface area contributed by atoms with Gasteiger partial charge in [0.25, 0.3) is 0 Å². The normalized spacial score (nSPS) is 21.2. The standard InChI is InChI=1S/C12H16F2N2/c1-15-9-3-2-6-16(8-9)10-4-5-11(13)12(14)7-10/h4-5,7,9,15H,2-3,6,8H2,1H3. The number of likely N-dealkylation sites (N-methyl/N-ethyl adjacent to an activating group) is 1. The van der Waals surface area contributed by atoms with Crippen molar-refractivity contribution in [3.8, 4) is 0 Å². The second-order valence-electron chi connectivity index (χ2n) is 4.17. The van der Waals surface area contributed by atoms with Crippen LogP contribution in [0.2, 0.25) is 0 Å². The van der Waals surface area contributed by atoms with Gasteiger partial charge in [0.2, 0.25) is 0 Å². The summed E-state index contributed by atoms with van der Waals surface area (Å²) in [6.45, 7) is 1.75. The summed E-state index contributed by atoms with van der Waals surface area (Å²) in [5, 5.41) is 3.22. The van der Waals surface area contributed by atoms with Gasteiger partial charge in [0.05, 0.1) is 0 Å². The Hall–Kier alpha value is -1.16. The van der Waals surface area contributed by atoms with Crippen LogP contribution in [0.25, 0.3) is 0 Å². The zero-order valence-corrected chi connectivity index (χ0v) is 9.34. The van der Waals surface area contributed by atoms with Crippen molar-refractivity contribution in [2.45, 2.75) is 18.9 Å². The topological polar surface area (TPSA) is 15.3 Å². The van der Waals surface area contributed by atoms with E-state index >= 15 is 0 Å². The third-order valence-electron chi connectivity index (χ3n) is 3.10. The monoisotopic (exact) mass is 226 g/mol. The van der Waals surface area contributed by atoms with Crippen LogP contribution in [0.5, 0.6) is 0 Å². The average molecular weight is 226 g/mol. The maximum atomic E-state index is 13.1. The van der Waals surface area contributed by atoms with Gasteiger partial charge in [-0.15, -0.1) is 0 Å². The minimum absolute atomic E-state index is 0.432. The Balaban J connectivity index is 2.13. The lowest BCUT2D eigenvalue weighted by Crippen LogP contribution is -2.44. The molecule has 0 aromatic heterocycles. The predicted octanol–water partition coefficient (Wildman–Crippen LogP) is 2.15. The number of rotatable bonds is 2. The molecule has 1 aliphatic heterocycles. The van der Waals surface area contributed by atoms with Gasteiger partial charge in [0.1, 0.15) is 0 Å². The molecule has 1 heterocycles. The van der Waals surface area contributed by atoms with Gasteiger partial charge in [-0.1, -0.05) is 0 Å². The molecular weight excluding hydrogens is 210 g/mol. The molecule has 1 unspecified atom stereocenters. The fraction of sp³-hybridized carbons (Fsp3) is 0.500. The van der Waals surface area contributed by atoms with Crippen LogP contribution in [0.15, 0.2) is 18.2 Å². The zero-order chi connectivity index (χ0) is 11.5. The highest BCUT2D eigenvalue weighted by atomic mass is 19.2. The van der Waals surface area contributed by atoms with E-state index in [0.29, 0.717) is 6.04 Å². The number of hydrogen-bond acceptors (Lipinski definition) is 2. The van der Waals surface area contributed by atoms with Gasteiger partial charge in [0, 0.05) is 30.9 Å². The second kappa shape index (κ2) is 4.78. The van der Waals surface area contributed by atoms with Gasteiger partial charge >= 0.3 is 0 Å². The van der Waals surface area contributed by atoms with E-state index in [0.717, 1.165) is 31.6 Å². The van der Waals surface area contributed by atoms with Crippen molar-refractivity contribution < 1.29 is 8.78 Å². The maximum Gasteiger partial charge on any atom is 0.160 e. The number of hydrogen-bond donors (Lipinski definition) is 1. The van der Waals surface area contributed by atoms with Gasteiger partial charge in [-0.05, 0) is 32.0 Å². The van der Waals surface area contributed by atoms with Crippen LogP contribution in [-0.4, -0.2) is 26.2 Å². The van der Waals surface area contributed by atoms with Crippen LogP contribution in [-0.2, 0) is 0 Å². The minimum Gasteiger partial charge on any atom is -0.370 e. The molecular formula is C12H16F2N2. The van der Waals surface area contributed by atoms with Crippen molar-refractivity contribution in [3.63, 3.8) is 0 Å². The third-order valence-corrected chi connectivity index (χ3v) is 3.10. The molecule has 16 heavy (non-hydrogen) atoms. The molecule has 88 valence electrons. The Kier molecular flexibility index (Phi) is 3.39. The van der Waals surface area contributed by atoms with Crippen molar-refractivity contribution in [3.05, 3.63) is 29.8 Å². The van der Waals surface area contributed by atoms with E-state index in [1.807, 2.05) is 7.05 Å². The van der Waals surface area contributed by atoms with Gasteiger partial charge in [-0.3, -0.25) is 0 Å². The molecule has 2 rings (SSSR count). The average Bonchev–Trinajstić information content (AvgIpc) is 2.33. The Morgan fingerprint density at radius 2 is 2.12 bits per heavy atom. The molecule has 1 aliphatic rings. The van der Waals surface area contributed by atoms with E-state index in [4.69, 9.17) is 0 Å². The van der Waals surface area contributed by atoms with E-state index < -0.39 is 11.6 Å². The van der Waals surface area contributed by atoms with Crippen LogP contribution >= 0.6 is 0 Å². The van der Waals surface area contributed by atoms with Crippen LogP contribution in [0.4, 0.5) is 14.5 Å². The van der Waals surface area contributed by atoms with Gasteiger partial charge in [0.15, 0.2) is 11.6 Å². The zero-order valence-electron chi connectivity index (χ0n) is 9.34. The number of nitrogens with one attached hydrogen (secondary N) is 1. The van der Waals surface area contributed by atoms with Crippen LogP contribution in [0.1, 0.15) is 12.8 Å².